The molecule has 2 aromatic rings. The van der Waals surface area contributed by atoms with Gasteiger partial charge in [-0.2, -0.15) is 4.37 Å². The number of pyridine rings is 1. The van der Waals surface area contributed by atoms with E-state index in [1.165, 1.54) is 11.5 Å². The lowest BCUT2D eigenvalue weighted by atomic mass is 10.2. The van der Waals surface area contributed by atoms with E-state index in [0.717, 1.165) is 11.3 Å². The first-order valence-electron chi connectivity index (χ1n) is 7.07. The van der Waals surface area contributed by atoms with Gasteiger partial charge in [-0.25, -0.2) is 4.98 Å². The molecule has 0 N–H and O–H groups in total. The van der Waals surface area contributed by atoms with Crippen LogP contribution in [0.2, 0.25) is 0 Å². The maximum atomic E-state index is 12.1. The van der Waals surface area contributed by atoms with E-state index < -0.39 is 16.1 Å². The van der Waals surface area contributed by atoms with Crippen LogP contribution >= 0.6 is 11.5 Å². The molecule has 23 heavy (non-hydrogen) atoms. The third-order valence-electron chi connectivity index (χ3n) is 2.85. The van der Waals surface area contributed by atoms with Crippen LogP contribution < -0.4 is 0 Å². The van der Waals surface area contributed by atoms with E-state index in [1.807, 2.05) is 32.9 Å². The molecule has 0 amide bonds. The molecule has 0 radical (unpaired) electrons. The van der Waals surface area contributed by atoms with Crippen LogP contribution in [0.1, 0.15) is 38.4 Å². The summed E-state index contributed by atoms with van der Waals surface area (Å²) in [5, 5.41) is 0.669. The van der Waals surface area contributed by atoms with E-state index in [4.69, 9.17) is 4.74 Å². The van der Waals surface area contributed by atoms with Crippen LogP contribution in [0, 0.1) is 0 Å². The van der Waals surface area contributed by atoms with E-state index in [2.05, 4.69) is 18.7 Å². The molecule has 0 saturated heterocycles. The summed E-state index contributed by atoms with van der Waals surface area (Å²) in [5.41, 5.74) is 2.33. The molecular weight excluding hydrogens is 332 g/mol. The zero-order valence-electron chi connectivity index (χ0n) is 13.9. The van der Waals surface area contributed by atoms with Gasteiger partial charge in [0, 0.05) is 18.9 Å². The van der Waals surface area contributed by atoms with Crippen molar-refractivity contribution in [2.45, 2.75) is 39.0 Å². The third kappa shape index (κ3) is 4.81. The zero-order chi connectivity index (χ0) is 17.0. The highest BCUT2D eigenvalue weighted by molar-refractivity contribution is 7.91. The predicted octanol–water partition coefficient (Wildman–Crippen LogP) is 3.02. The summed E-state index contributed by atoms with van der Waals surface area (Å²) in [6.45, 7) is 7.91. The molecule has 2 aromatic heterocycles. The second-order valence-corrected chi connectivity index (χ2v) is 8.59. The quantitative estimate of drug-likeness (QED) is 0.610. The molecule has 0 bridgehead atoms. The standard InChI is InChI=1S/C15H20N4O2S2/c1-10(19-23(20)15(2,3)4)14-17-13(18-22-14)11-6-7-16-12(8-11)9-21-5/h6-8H,9H2,1-5H3. The van der Waals surface area contributed by atoms with Crippen molar-refractivity contribution < 1.29 is 9.29 Å². The van der Waals surface area contributed by atoms with E-state index in [0.29, 0.717) is 23.2 Å². The molecule has 0 saturated carbocycles. The number of aromatic nitrogens is 3. The molecule has 2 heterocycles. The molecule has 2 rings (SSSR count). The minimum Gasteiger partial charge on any atom is -0.591 e. The van der Waals surface area contributed by atoms with Crippen LogP contribution in [0.3, 0.4) is 0 Å². The molecule has 0 fully saturated rings. The summed E-state index contributed by atoms with van der Waals surface area (Å²) in [5.74, 6) is 0.612. The van der Waals surface area contributed by atoms with E-state index in [9.17, 15) is 4.55 Å². The summed E-state index contributed by atoms with van der Waals surface area (Å²) in [4.78, 5) is 8.71. The number of methoxy groups -OCH3 is 1. The van der Waals surface area contributed by atoms with Crippen molar-refractivity contribution >= 4 is 28.6 Å². The minimum atomic E-state index is -1.31. The summed E-state index contributed by atoms with van der Waals surface area (Å²) in [6, 6.07) is 3.75. The highest BCUT2D eigenvalue weighted by Crippen LogP contribution is 2.21. The van der Waals surface area contributed by atoms with E-state index in [-0.39, 0.29) is 0 Å². The third-order valence-corrected chi connectivity index (χ3v) is 5.16. The minimum absolute atomic E-state index is 0.394. The molecule has 6 nitrogen and oxygen atoms in total. The summed E-state index contributed by atoms with van der Waals surface area (Å²) in [7, 11) is 1.63. The largest absolute Gasteiger partial charge is 0.591 e. The van der Waals surface area contributed by atoms with Crippen LogP contribution in [0.25, 0.3) is 11.4 Å². The fourth-order valence-electron chi connectivity index (χ4n) is 1.63. The molecule has 0 aliphatic heterocycles. The average molecular weight is 352 g/mol. The normalized spacial score (nSPS) is 14.1. The SMILES string of the molecule is COCc1cc(-c2nsc(C(C)=N[S+]([O-])C(C)(C)C)n2)ccn1. The number of nitrogens with zero attached hydrogens (tertiary/aromatic N) is 4. The smallest absolute Gasteiger partial charge is 0.173 e. The Bertz CT molecular complexity index is 695. The maximum Gasteiger partial charge on any atom is 0.173 e. The topological polar surface area (TPSA) is 83.3 Å². The van der Waals surface area contributed by atoms with Crippen LogP contribution in [-0.4, -0.2) is 36.5 Å². The molecule has 124 valence electrons. The summed E-state index contributed by atoms with van der Waals surface area (Å²) in [6.07, 6.45) is 1.71. The first-order valence-corrected chi connectivity index (χ1v) is 8.95. The average Bonchev–Trinajstić information content (AvgIpc) is 2.97. The van der Waals surface area contributed by atoms with E-state index >= 15 is 0 Å². The molecule has 0 aromatic carbocycles. The summed E-state index contributed by atoms with van der Waals surface area (Å²) >= 11 is -0.0629. The van der Waals surface area contributed by atoms with Gasteiger partial charge in [0.1, 0.15) is 21.8 Å². The zero-order valence-corrected chi connectivity index (χ0v) is 15.5. The Labute approximate surface area is 143 Å². The lowest BCUT2D eigenvalue weighted by Crippen LogP contribution is -2.26. The molecule has 0 spiro atoms. The highest BCUT2D eigenvalue weighted by atomic mass is 32.2. The van der Waals surface area contributed by atoms with Gasteiger partial charge < -0.3 is 9.29 Å². The van der Waals surface area contributed by atoms with Gasteiger partial charge in [-0.3, -0.25) is 4.98 Å². The van der Waals surface area contributed by atoms with Crippen molar-refractivity contribution in [1.82, 2.24) is 14.3 Å². The van der Waals surface area contributed by atoms with Gasteiger partial charge in [0.15, 0.2) is 10.8 Å². The number of hydrogen-bond acceptors (Lipinski definition) is 7. The van der Waals surface area contributed by atoms with Gasteiger partial charge in [0.2, 0.25) is 0 Å². The van der Waals surface area contributed by atoms with Gasteiger partial charge in [0.25, 0.3) is 0 Å². The van der Waals surface area contributed by atoms with Crippen molar-refractivity contribution in [3.05, 3.63) is 29.0 Å². The summed E-state index contributed by atoms with van der Waals surface area (Å²) < 4.78 is 25.4. The van der Waals surface area contributed by atoms with Crippen LogP contribution in [0.5, 0.6) is 0 Å². The number of ether oxygens (including phenoxy) is 1. The van der Waals surface area contributed by atoms with Crippen molar-refractivity contribution in [1.29, 1.82) is 0 Å². The Balaban J connectivity index is 2.23. The monoisotopic (exact) mass is 352 g/mol. The molecule has 0 aliphatic carbocycles. The van der Waals surface area contributed by atoms with E-state index in [1.54, 1.807) is 20.2 Å². The Morgan fingerprint density at radius 3 is 2.83 bits per heavy atom. The first kappa shape index (κ1) is 18.0. The fourth-order valence-corrected chi connectivity index (χ4v) is 2.92. The van der Waals surface area contributed by atoms with Crippen LogP contribution in [-0.2, 0) is 22.7 Å². The lowest BCUT2D eigenvalue weighted by Gasteiger charge is -2.18. The highest BCUT2D eigenvalue weighted by Gasteiger charge is 2.27. The lowest BCUT2D eigenvalue weighted by molar-refractivity contribution is 0.181. The second-order valence-electron chi connectivity index (χ2n) is 5.93. The maximum absolute atomic E-state index is 12.1. The van der Waals surface area contributed by atoms with Gasteiger partial charge in [-0.1, -0.05) is 4.40 Å². The van der Waals surface area contributed by atoms with Gasteiger partial charge in [0.05, 0.1) is 12.3 Å². The second kappa shape index (κ2) is 7.48. The molecule has 0 aliphatic rings. The molecular formula is C15H20N4O2S2. The van der Waals surface area contributed by atoms with Crippen molar-refractivity contribution in [2.75, 3.05) is 7.11 Å². The Hall–Kier alpha value is -1.35. The van der Waals surface area contributed by atoms with Crippen molar-refractivity contribution in [3.8, 4) is 11.4 Å². The first-order chi connectivity index (χ1) is 10.8. The van der Waals surface area contributed by atoms with Crippen LogP contribution in [0.15, 0.2) is 22.7 Å². The molecule has 8 heteroatoms. The van der Waals surface area contributed by atoms with Crippen molar-refractivity contribution in [3.63, 3.8) is 0 Å². The number of hydrogen-bond donors (Lipinski definition) is 0. The fraction of sp³-hybridized carbons (Fsp3) is 0.467. The van der Waals surface area contributed by atoms with Gasteiger partial charge in [-0.05, 0) is 51.4 Å². The predicted molar refractivity (Wildman–Crippen MR) is 94.0 cm³/mol. The Morgan fingerprint density at radius 1 is 1.43 bits per heavy atom. The number of rotatable bonds is 5. The van der Waals surface area contributed by atoms with Crippen molar-refractivity contribution in [2.24, 2.45) is 4.40 Å². The molecule has 1 atom stereocenters. The Kier molecular flexibility index (Phi) is 5.85. The van der Waals surface area contributed by atoms with Crippen LogP contribution in [0.4, 0.5) is 0 Å². The molecule has 1 unspecified atom stereocenters. The van der Waals surface area contributed by atoms with Gasteiger partial charge in [-0.15, -0.1) is 0 Å². The Morgan fingerprint density at radius 2 is 2.17 bits per heavy atom. The van der Waals surface area contributed by atoms with Gasteiger partial charge >= 0.3 is 0 Å².